The molecule has 30 heavy (non-hydrogen) atoms. The number of benzene rings is 1. The number of ketones is 1. The molecule has 0 unspecified atom stereocenters. The molecule has 4 rings (SSSR count). The minimum absolute atomic E-state index is 0.0203. The highest BCUT2D eigenvalue weighted by molar-refractivity contribution is 7.12. The molecule has 1 saturated heterocycles. The van der Waals surface area contributed by atoms with E-state index in [0.717, 1.165) is 15.7 Å². The summed E-state index contributed by atoms with van der Waals surface area (Å²) < 4.78 is 1.85. The van der Waals surface area contributed by atoms with Crippen molar-refractivity contribution in [2.24, 2.45) is 0 Å². The Morgan fingerprint density at radius 1 is 1.03 bits per heavy atom. The second-order valence-electron chi connectivity index (χ2n) is 6.91. The number of nitrogens with zero attached hydrogens (tertiary/aromatic N) is 4. The molecule has 0 radical (unpaired) electrons. The fraction of sp³-hybridized carbons (Fsp3) is 0.190. The number of carbonyl (C=O) groups is 4. The molecule has 3 aromatic rings. The third-order valence-electron chi connectivity index (χ3n) is 4.96. The number of thiazole rings is 1. The molecule has 8 nitrogen and oxygen atoms in total. The zero-order valence-electron chi connectivity index (χ0n) is 16.4. The van der Waals surface area contributed by atoms with Crippen LogP contribution in [0, 0.1) is 13.8 Å². The van der Waals surface area contributed by atoms with Crippen LogP contribution in [0.15, 0.2) is 48.0 Å². The van der Waals surface area contributed by atoms with E-state index in [1.165, 1.54) is 11.3 Å². The number of amides is 4. The van der Waals surface area contributed by atoms with Gasteiger partial charge in [-0.15, -0.1) is 11.3 Å². The Hall–Kier alpha value is -3.59. The van der Waals surface area contributed by atoms with E-state index in [2.05, 4.69) is 4.98 Å². The molecule has 152 valence electrons. The van der Waals surface area contributed by atoms with E-state index in [1.54, 1.807) is 43.5 Å². The van der Waals surface area contributed by atoms with Gasteiger partial charge in [-0.1, -0.05) is 30.3 Å². The van der Waals surface area contributed by atoms with E-state index in [1.807, 2.05) is 22.9 Å². The Bertz CT molecular complexity index is 1150. The molecule has 1 aromatic carbocycles. The molecule has 0 N–H and O–H groups in total. The van der Waals surface area contributed by atoms with Crippen molar-refractivity contribution in [2.75, 3.05) is 6.54 Å². The van der Waals surface area contributed by atoms with Crippen molar-refractivity contribution in [3.05, 3.63) is 70.5 Å². The standard InChI is InChI=1S/C21H18N4O4S/c1-13-10-16(14(2)25(13)20-22-8-9-30-20)17(26)12-24-19(28)18(27)23(21(24)29)11-15-6-4-3-5-7-15/h3-10H,11-12H2,1-2H3. The van der Waals surface area contributed by atoms with Crippen molar-refractivity contribution in [1.29, 1.82) is 0 Å². The summed E-state index contributed by atoms with van der Waals surface area (Å²) in [4.78, 5) is 56.1. The van der Waals surface area contributed by atoms with Crippen LogP contribution in [0.5, 0.6) is 0 Å². The number of imide groups is 2. The first-order chi connectivity index (χ1) is 14.4. The van der Waals surface area contributed by atoms with Crippen molar-refractivity contribution in [3.63, 3.8) is 0 Å². The molecule has 0 aliphatic carbocycles. The number of carbonyl (C=O) groups excluding carboxylic acids is 4. The maximum absolute atomic E-state index is 12.9. The summed E-state index contributed by atoms with van der Waals surface area (Å²) in [7, 11) is 0. The number of rotatable bonds is 6. The van der Waals surface area contributed by atoms with E-state index in [9.17, 15) is 19.2 Å². The highest BCUT2D eigenvalue weighted by Crippen LogP contribution is 2.24. The SMILES string of the molecule is Cc1cc(C(=O)CN2C(=O)C(=O)N(Cc3ccccc3)C2=O)c(C)n1-c1nccs1. The second kappa shape index (κ2) is 7.68. The van der Waals surface area contributed by atoms with Gasteiger partial charge in [0.05, 0.1) is 13.1 Å². The van der Waals surface area contributed by atoms with Crippen molar-refractivity contribution < 1.29 is 19.2 Å². The molecule has 2 aromatic heterocycles. The topological polar surface area (TPSA) is 92.6 Å². The Labute approximate surface area is 176 Å². The third-order valence-corrected chi connectivity index (χ3v) is 5.72. The van der Waals surface area contributed by atoms with Gasteiger partial charge in [0.25, 0.3) is 0 Å². The minimum atomic E-state index is -0.988. The van der Waals surface area contributed by atoms with Gasteiger partial charge in [-0.3, -0.25) is 23.9 Å². The van der Waals surface area contributed by atoms with Gasteiger partial charge in [-0.25, -0.2) is 14.7 Å². The maximum atomic E-state index is 12.9. The van der Waals surface area contributed by atoms with E-state index in [0.29, 0.717) is 21.7 Å². The van der Waals surface area contributed by atoms with Gasteiger partial charge >= 0.3 is 17.8 Å². The lowest BCUT2D eigenvalue weighted by Gasteiger charge is -2.15. The summed E-state index contributed by atoms with van der Waals surface area (Å²) in [5.74, 6) is -2.33. The normalized spacial score (nSPS) is 14.1. The first-order valence-electron chi connectivity index (χ1n) is 9.21. The van der Waals surface area contributed by atoms with Gasteiger partial charge in [0.1, 0.15) is 0 Å². The molecule has 4 amide bonds. The quantitative estimate of drug-likeness (QED) is 0.346. The molecule has 0 atom stereocenters. The van der Waals surface area contributed by atoms with Gasteiger partial charge in [0, 0.05) is 28.5 Å². The number of Topliss-reactive ketones (excluding diaryl/α,β-unsaturated/α-hetero) is 1. The summed E-state index contributed by atoms with van der Waals surface area (Å²) >= 11 is 1.44. The van der Waals surface area contributed by atoms with Gasteiger partial charge in [-0.05, 0) is 25.5 Å². The zero-order chi connectivity index (χ0) is 21.4. The van der Waals surface area contributed by atoms with Crippen LogP contribution >= 0.6 is 11.3 Å². The molecular formula is C21H18N4O4S. The van der Waals surface area contributed by atoms with Crippen LogP contribution < -0.4 is 0 Å². The van der Waals surface area contributed by atoms with Crippen LogP contribution in [0.2, 0.25) is 0 Å². The van der Waals surface area contributed by atoms with E-state index in [-0.39, 0.29) is 6.54 Å². The maximum Gasteiger partial charge on any atom is 0.334 e. The first kappa shape index (κ1) is 19.7. The lowest BCUT2D eigenvalue weighted by atomic mass is 10.1. The molecule has 0 saturated carbocycles. The van der Waals surface area contributed by atoms with Gasteiger partial charge in [-0.2, -0.15) is 0 Å². The Balaban J connectivity index is 1.55. The van der Waals surface area contributed by atoms with Crippen LogP contribution in [-0.4, -0.2) is 49.5 Å². The zero-order valence-corrected chi connectivity index (χ0v) is 17.2. The molecule has 0 bridgehead atoms. The summed E-state index contributed by atoms with van der Waals surface area (Å²) in [5.41, 5.74) is 2.58. The van der Waals surface area contributed by atoms with Crippen molar-refractivity contribution in [3.8, 4) is 5.13 Å². The fourth-order valence-corrected chi connectivity index (χ4v) is 4.24. The Kier molecular flexibility index (Phi) is 5.04. The molecule has 0 spiro atoms. The minimum Gasteiger partial charge on any atom is -0.294 e. The number of hydrogen-bond acceptors (Lipinski definition) is 6. The van der Waals surface area contributed by atoms with Gasteiger partial charge < -0.3 is 0 Å². The van der Waals surface area contributed by atoms with Crippen LogP contribution in [0.3, 0.4) is 0 Å². The van der Waals surface area contributed by atoms with Gasteiger partial charge in [0.15, 0.2) is 10.9 Å². The first-order valence-corrected chi connectivity index (χ1v) is 10.1. The summed E-state index contributed by atoms with van der Waals surface area (Å²) in [6.07, 6.45) is 1.68. The molecule has 9 heteroatoms. The number of aryl methyl sites for hydroxylation is 1. The van der Waals surface area contributed by atoms with Gasteiger partial charge in [0.2, 0.25) is 0 Å². The molecular weight excluding hydrogens is 404 g/mol. The fourth-order valence-electron chi connectivity index (χ4n) is 3.49. The van der Waals surface area contributed by atoms with Crippen molar-refractivity contribution in [2.45, 2.75) is 20.4 Å². The van der Waals surface area contributed by atoms with E-state index in [4.69, 9.17) is 0 Å². The summed E-state index contributed by atoms with van der Waals surface area (Å²) in [5, 5.41) is 2.56. The molecule has 1 aliphatic rings. The lowest BCUT2D eigenvalue weighted by Crippen LogP contribution is -2.37. The predicted octanol–water partition coefficient (Wildman–Crippen LogP) is 2.72. The van der Waals surface area contributed by atoms with E-state index < -0.39 is 30.2 Å². The summed E-state index contributed by atoms with van der Waals surface area (Å²) in [6.45, 7) is 3.12. The highest BCUT2D eigenvalue weighted by atomic mass is 32.1. The number of urea groups is 1. The monoisotopic (exact) mass is 422 g/mol. The number of aromatic nitrogens is 2. The Morgan fingerprint density at radius 2 is 1.73 bits per heavy atom. The van der Waals surface area contributed by atoms with E-state index >= 15 is 0 Å². The predicted molar refractivity (Wildman–Crippen MR) is 109 cm³/mol. The third kappa shape index (κ3) is 3.33. The average Bonchev–Trinajstić information content (AvgIpc) is 3.40. The van der Waals surface area contributed by atoms with Crippen LogP contribution in [0.4, 0.5) is 4.79 Å². The second-order valence-corrected chi connectivity index (χ2v) is 7.78. The van der Waals surface area contributed by atoms with Crippen LogP contribution in [-0.2, 0) is 16.1 Å². The lowest BCUT2D eigenvalue weighted by molar-refractivity contribution is -0.143. The van der Waals surface area contributed by atoms with Crippen LogP contribution in [0.1, 0.15) is 27.3 Å². The largest absolute Gasteiger partial charge is 0.334 e. The smallest absolute Gasteiger partial charge is 0.294 e. The van der Waals surface area contributed by atoms with Crippen molar-refractivity contribution in [1.82, 2.24) is 19.4 Å². The summed E-state index contributed by atoms with van der Waals surface area (Å²) in [6, 6.07) is 9.81. The Morgan fingerprint density at radius 3 is 2.40 bits per heavy atom. The highest BCUT2D eigenvalue weighted by Gasteiger charge is 2.45. The average molecular weight is 422 g/mol. The number of hydrogen-bond donors (Lipinski definition) is 0. The molecule has 3 heterocycles. The van der Waals surface area contributed by atoms with Crippen LogP contribution in [0.25, 0.3) is 5.13 Å². The molecule has 1 fully saturated rings. The van der Waals surface area contributed by atoms with Crippen molar-refractivity contribution >= 4 is 35.0 Å². The molecule has 1 aliphatic heterocycles.